The average Bonchev–Trinajstić information content (AvgIpc) is 2.43. The summed E-state index contributed by atoms with van der Waals surface area (Å²) in [6.45, 7) is 5.87. The van der Waals surface area contributed by atoms with E-state index in [1.807, 2.05) is 12.1 Å². The van der Waals surface area contributed by atoms with Gasteiger partial charge in [0.15, 0.2) is 0 Å². The van der Waals surface area contributed by atoms with E-state index in [0.717, 1.165) is 38.4 Å². The maximum absolute atomic E-state index is 5.87. The second-order valence-electron chi connectivity index (χ2n) is 4.22. The minimum absolute atomic E-state index is 0.307. The Morgan fingerprint density at radius 3 is 3.25 bits per heavy atom. The molecule has 88 valence electrons. The molecule has 0 aromatic carbocycles. The van der Waals surface area contributed by atoms with Gasteiger partial charge in [0, 0.05) is 26.2 Å². The molecule has 3 nitrogen and oxygen atoms in total. The van der Waals surface area contributed by atoms with E-state index < -0.39 is 0 Å². The van der Waals surface area contributed by atoms with Gasteiger partial charge in [0.05, 0.1) is 11.8 Å². The van der Waals surface area contributed by atoms with E-state index in [2.05, 4.69) is 16.8 Å². The van der Waals surface area contributed by atoms with Crippen LogP contribution in [-0.2, 0) is 11.3 Å². The summed E-state index contributed by atoms with van der Waals surface area (Å²) in [5.41, 5.74) is 1.03. The van der Waals surface area contributed by atoms with E-state index in [-0.39, 0.29) is 0 Å². The Labute approximate surface area is 101 Å². The molecule has 1 aromatic rings. The summed E-state index contributed by atoms with van der Waals surface area (Å²) in [7, 11) is 0. The largest absolute Gasteiger partial charge is 0.377 e. The fraction of sp³-hybridized carbons (Fsp3) is 0.583. The normalized spacial score (nSPS) is 23.0. The first-order valence-corrected chi connectivity index (χ1v) is 6.07. The minimum atomic E-state index is 0.307. The van der Waals surface area contributed by atoms with Crippen molar-refractivity contribution in [2.24, 2.45) is 0 Å². The van der Waals surface area contributed by atoms with Crippen molar-refractivity contribution in [3.8, 4) is 0 Å². The van der Waals surface area contributed by atoms with Gasteiger partial charge in [-0.25, -0.2) is 4.98 Å². The first-order valence-electron chi connectivity index (χ1n) is 5.69. The summed E-state index contributed by atoms with van der Waals surface area (Å²) < 4.78 is 5.61. The van der Waals surface area contributed by atoms with Crippen molar-refractivity contribution >= 4 is 11.6 Å². The van der Waals surface area contributed by atoms with E-state index in [4.69, 9.17) is 16.3 Å². The van der Waals surface area contributed by atoms with Crippen LogP contribution in [-0.4, -0.2) is 35.7 Å². The number of ether oxygens (including phenoxy) is 1. The van der Waals surface area contributed by atoms with Gasteiger partial charge in [-0.2, -0.15) is 0 Å². The summed E-state index contributed by atoms with van der Waals surface area (Å²) in [5, 5.41) is 0.566. The zero-order valence-corrected chi connectivity index (χ0v) is 10.3. The zero-order valence-electron chi connectivity index (χ0n) is 9.53. The second-order valence-corrected chi connectivity index (χ2v) is 4.61. The Bertz CT molecular complexity index is 346. The van der Waals surface area contributed by atoms with E-state index in [0.29, 0.717) is 11.3 Å². The van der Waals surface area contributed by atoms with Crippen LogP contribution in [0.25, 0.3) is 0 Å². The fourth-order valence-corrected chi connectivity index (χ4v) is 2.17. The number of aromatic nitrogens is 1. The molecule has 2 heterocycles. The molecular formula is C12H17ClN2O. The lowest BCUT2D eigenvalue weighted by Gasteiger charge is -2.21. The number of nitrogens with zero attached hydrogens (tertiary/aromatic N) is 2. The Morgan fingerprint density at radius 1 is 1.56 bits per heavy atom. The van der Waals surface area contributed by atoms with Crippen LogP contribution in [0.4, 0.5) is 0 Å². The molecular weight excluding hydrogens is 224 g/mol. The third-order valence-electron chi connectivity index (χ3n) is 2.69. The minimum Gasteiger partial charge on any atom is -0.377 e. The van der Waals surface area contributed by atoms with Gasteiger partial charge in [-0.15, -0.1) is 0 Å². The molecule has 1 aromatic heterocycles. The molecule has 1 aliphatic heterocycles. The fourth-order valence-electron chi connectivity index (χ4n) is 1.99. The molecule has 0 radical (unpaired) electrons. The smallest absolute Gasteiger partial charge is 0.129 e. The van der Waals surface area contributed by atoms with Crippen LogP contribution in [0.1, 0.15) is 19.0 Å². The molecule has 1 aliphatic rings. The molecule has 0 saturated carbocycles. The zero-order chi connectivity index (χ0) is 11.4. The Kier molecular flexibility index (Phi) is 4.16. The molecule has 0 bridgehead atoms. The molecule has 1 atom stereocenters. The molecule has 4 heteroatoms. The van der Waals surface area contributed by atoms with Crippen molar-refractivity contribution in [3.05, 3.63) is 29.0 Å². The molecule has 0 aliphatic carbocycles. The predicted molar refractivity (Wildman–Crippen MR) is 64.6 cm³/mol. The highest BCUT2D eigenvalue weighted by atomic mass is 35.5. The molecule has 0 amide bonds. The van der Waals surface area contributed by atoms with Crippen molar-refractivity contribution in [2.75, 3.05) is 19.7 Å². The van der Waals surface area contributed by atoms with Crippen molar-refractivity contribution < 1.29 is 4.74 Å². The molecule has 1 fully saturated rings. The number of hydrogen-bond acceptors (Lipinski definition) is 3. The quantitative estimate of drug-likeness (QED) is 0.742. The van der Waals surface area contributed by atoms with E-state index in [1.165, 1.54) is 0 Å². The van der Waals surface area contributed by atoms with Gasteiger partial charge < -0.3 is 4.74 Å². The SMILES string of the molecule is CC1CN(Cc2cccc(Cl)n2)CCCO1. The highest BCUT2D eigenvalue weighted by Gasteiger charge is 2.15. The number of hydrogen-bond donors (Lipinski definition) is 0. The molecule has 1 saturated heterocycles. The van der Waals surface area contributed by atoms with Crippen LogP contribution in [0.15, 0.2) is 18.2 Å². The Hall–Kier alpha value is -0.640. The van der Waals surface area contributed by atoms with Crippen LogP contribution >= 0.6 is 11.6 Å². The summed E-state index contributed by atoms with van der Waals surface area (Å²) >= 11 is 5.87. The molecule has 16 heavy (non-hydrogen) atoms. The van der Waals surface area contributed by atoms with Gasteiger partial charge in [0.1, 0.15) is 5.15 Å². The van der Waals surface area contributed by atoms with E-state index >= 15 is 0 Å². The lowest BCUT2D eigenvalue weighted by atomic mass is 10.3. The van der Waals surface area contributed by atoms with E-state index in [1.54, 1.807) is 6.07 Å². The molecule has 2 rings (SSSR count). The first kappa shape index (κ1) is 11.8. The van der Waals surface area contributed by atoms with Crippen LogP contribution < -0.4 is 0 Å². The third-order valence-corrected chi connectivity index (χ3v) is 2.91. The van der Waals surface area contributed by atoms with Gasteiger partial charge in [0.25, 0.3) is 0 Å². The van der Waals surface area contributed by atoms with Crippen LogP contribution in [0.5, 0.6) is 0 Å². The summed E-state index contributed by atoms with van der Waals surface area (Å²) in [5.74, 6) is 0. The first-order chi connectivity index (χ1) is 7.74. The number of rotatable bonds is 2. The molecule has 0 N–H and O–H groups in total. The maximum Gasteiger partial charge on any atom is 0.129 e. The second kappa shape index (κ2) is 5.62. The Balaban J connectivity index is 1.97. The van der Waals surface area contributed by atoms with Crippen molar-refractivity contribution in [1.82, 2.24) is 9.88 Å². The molecule has 0 spiro atoms. The van der Waals surface area contributed by atoms with Gasteiger partial charge in [-0.3, -0.25) is 4.90 Å². The number of pyridine rings is 1. The maximum atomic E-state index is 5.87. The summed E-state index contributed by atoms with van der Waals surface area (Å²) in [4.78, 5) is 6.68. The lowest BCUT2D eigenvalue weighted by Crippen LogP contribution is -2.30. The number of halogens is 1. The van der Waals surface area contributed by atoms with Gasteiger partial charge in [0.2, 0.25) is 0 Å². The van der Waals surface area contributed by atoms with Gasteiger partial charge >= 0.3 is 0 Å². The van der Waals surface area contributed by atoms with Gasteiger partial charge in [-0.05, 0) is 25.5 Å². The van der Waals surface area contributed by atoms with Crippen molar-refractivity contribution in [3.63, 3.8) is 0 Å². The van der Waals surface area contributed by atoms with Crippen LogP contribution in [0, 0.1) is 0 Å². The Morgan fingerprint density at radius 2 is 2.44 bits per heavy atom. The standard InChI is InChI=1S/C12H17ClN2O/c1-10-8-15(6-3-7-16-10)9-11-4-2-5-12(13)14-11/h2,4-5,10H,3,6-9H2,1H3. The summed E-state index contributed by atoms with van der Waals surface area (Å²) in [6.07, 6.45) is 1.40. The highest BCUT2D eigenvalue weighted by Crippen LogP contribution is 2.11. The lowest BCUT2D eigenvalue weighted by molar-refractivity contribution is 0.0666. The van der Waals surface area contributed by atoms with Crippen molar-refractivity contribution in [2.45, 2.75) is 26.0 Å². The van der Waals surface area contributed by atoms with Crippen LogP contribution in [0.2, 0.25) is 5.15 Å². The predicted octanol–water partition coefficient (Wildman–Crippen LogP) is 2.35. The third kappa shape index (κ3) is 3.44. The monoisotopic (exact) mass is 240 g/mol. The highest BCUT2D eigenvalue weighted by molar-refractivity contribution is 6.29. The van der Waals surface area contributed by atoms with Crippen LogP contribution in [0.3, 0.4) is 0 Å². The average molecular weight is 241 g/mol. The van der Waals surface area contributed by atoms with Crippen molar-refractivity contribution in [1.29, 1.82) is 0 Å². The van der Waals surface area contributed by atoms with E-state index in [9.17, 15) is 0 Å². The topological polar surface area (TPSA) is 25.4 Å². The molecule has 1 unspecified atom stereocenters. The van der Waals surface area contributed by atoms with Gasteiger partial charge in [-0.1, -0.05) is 17.7 Å². The summed E-state index contributed by atoms with van der Waals surface area (Å²) in [6, 6.07) is 5.77.